The van der Waals surface area contributed by atoms with E-state index in [-0.39, 0.29) is 6.04 Å². The molecular weight excluding hydrogens is 412 g/mol. The van der Waals surface area contributed by atoms with Crippen LogP contribution in [0.15, 0.2) is 60.7 Å². The van der Waals surface area contributed by atoms with E-state index in [9.17, 15) is 0 Å². The molecule has 1 saturated heterocycles. The van der Waals surface area contributed by atoms with Gasteiger partial charge in [-0.15, -0.1) is 0 Å². The Morgan fingerprint density at radius 1 is 1.09 bits per heavy atom. The van der Waals surface area contributed by atoms with Crippen molar-refractivity contribution >= 4 is 5.69 Å². The Labute approximate surface area is 198 Å². The maximum atomic E-state index is 6.11. The Morgan fingerprint density at radius 2 is 1.88 bits per heavy atom. The molecule has 0 spiro atoms. The summed E-state index contributed by atoms with van der Waals surface area (Å²) in [7, 11) is 3.54. The first-order valence-corrected chi connectivity index (χ1v) is 12.1. The maximum absolute atomic E-state index is 6.11. The molecule has 4 rings (SSSR count). The van der Waals surface area contributed by atoms with Crippen LogP contribution in [0.3, 0.4) is 0 Å². The van der Waals surface area contributed by atoms with Crippen molar-refractivity contribution in [3.8, 4) is 5.75 Å². The molecule has 0 radical (unpaired) electrons. The minimum Gasteiger partial charge on any atom is -0.497 e. The highest BCUT2D eigenvalue weighted by atomic mass is 16.5. The first-order chi connectivity index (χ1) is 16.1. The van der Waals surface area contributed by atoms with Crippen molar-refractivity contribution in [1.82, 2.24) is 4.90 Å². The summed E-state index contributed by atoms with van der Waals surface area (Å²) in [5.41, 5.74) is 5.17. The van der Waals surface area contributed by atoms with Crippen LogP contribution in [0.5, 0.6) is 5.75 Å². The van der Waals surface area contributed by atoms with Gasteiger partial charge in [-0.1, -0.05) is 42.5 Å². The Hall–Kier alpha value is -2.34. The molecule has 2 heterocycles. The number of hydrogen-bond acceptors (Lipinski definition) is 5. The smallest absolute Gasteiger partial charge is 0.118 e. The second kappa shape index (κ2) is 11.2. The van der Waals surface area contributed by atoms with Crippen LogP contribution in [0, 0.1) is 0 Å². The summed E-state index contributed by atoms with van der Waals surface area (Å²) in [5.74, 6) is 0.898. The molecule has 3 unspecified atom stereocenters. The summed E-state index contributed by atoms with van der Waals surface area (Å²) in [4.78, 5) is 5.16. The molecule has 1 fully saturated rings. The molecule has 0 bridgehead atoms. The normalized spacial score (nSPS) is 21.6. The quantitative estimate of drug-likeness (QED) is 0.483. The Bertz CT molecular complexity index is 914. The number of anilines is 1. The standard InChI is InChI=1S/C28H38N2O3/c1-21(2)19-33-20-24(29-16-15-26(18-29)32-4)17-30-27-8-6-5-7-22(27)11-14-28(30)23-9-12-25(31-3)13-10-23/h5-10,12-13,24,26,28H,1,11,14-20H2,2-4H3. The van der Waals surface area contributed by atoms with Gasteiger partial charge in [0.15, 0.2) is 0 Å². The molecule has 2 aliphatic heterocycles. The maximum Gasteiger partial charge on any atom is 0.118 e. The lowest BCUT2D eigenvalue weighted by Gasteiger charge is -2.43. The van der Waals surface area contributed by atoms with Gasteiger partial charge >= 0.3 is 0 Å². The summed E-state index contributed by atoms with van der Waals surface area (Å²) in [5, 5.41) is 0. The van der Waals surface area contributed by atoms with Crippen LogP contribution in [0.25, 0.3) is 0 Å². The summed E-state index contributed by atoms with van der Waals surface area (Å²) in [6.07, 6.45) is 3.57. The van der Waals surface area contributed by atoms with Gasteiger partial charge < -0.3 is 19.1 Å². The van der Waals surface area contributed by atoms with Crippen LogP contribution in [0.4, 0.5) is 5.69 Å². The van der Waals surface area contributed by atoms with Gasteiger partial charge in [-0.25, -0.2) is 0 Å². The summed E-state index contributed by atoms with van der Waals surface area (Å²) >= 11 is 0. The summed E-state index contributed by atoms with van der Waals surface area (Å²) < 4.78 is 17.2. The third kappa shape index (κ3) is 5.78. The summed E-state index contributed by atoms with van der Waals surface area (Å²) in [6.45, 7) is 10.2. The molecule has 178 valence electrons. The highest BCUT2D eigenvalue weighted by Gasteiger charge is 2.34. The highest BCUT2D eigenvalue weighted by molar-refractivity contribution is 5.58. The zero-order valence-corrected chi connectivity index (χ0v) is 20.3. The van der Waals surface area contributed by atoms with Gasteiger partial charge in [0.1, 0.15) is 5.75 Å². The molecule has 0 saturated carbocycles. The Morgan fingerprint density at radius 3 is 2.58 bits per heavy atom. The predicted molar refractivity (Wildman–Crippen MR) is 134 cm³/mol. The number of benzene rings is 2. The lowest BCUT2D eigenvalue weighted by Crippen LogP contribution is -2.48. The van der Waals surface area contributed by atoms with Crippen LogP contribution in [0.2, 0.25) is 0 Å². The molecule has 0 N–H and O–H groups in total. The van der Waals surface area contributed by atoms with Gasteiger partial charge in [0, 0.05) is 32.4 Å². The van der Waals surface area contributed by atoms with Gasteiger partial charge in [-0.2, -0.15) is 0 Å². The van der Waals surface area contributed by atoms with Crippen molar-refractivity contribution in [3.63, 3.8) is 0 Å². The van der Waals surface area contributed by atoms with E-state index in [1.54, 1.807) is 7.11 Å². The number of ether oxygens (including phenoxy) is 3. The lowest BCUT2D eigenvalue weighted by atomic mass is 9.90. The van der Waals surface area contributed by atoms with Crippen molar-refractivity contribution < 1.29 is 14.2 Å². The SMILES string of the molecule is C=C(C)COCC(CN1c2ccccc2CCC1c1ccc(OC)cc1)N1CCC(OC)C1. The molecule has 33 heavy (non-hydrogen) atoms. The van der Waals surface area contributed by atoms with E-state index in [1.807, 2.05) is 14.0 Å². The van der Waals surface area contributed by atoms with Crippen LogP contribution in [0.1, 0.15) is 36.9 Å². The number of rotatable bonds is 10. The zero-order valence-electron chi connectivity index (χ0n) is 20.3. The second-order valence-electron chi connectivity index (χ2n) is 9.38. The third-order valence-corrected chi connectivity index (χ3v) is 6.96. The van der Waals surface area contributed by atoms with Gasteiger partial charge in [0.25, 0.3) is 0 Å². The Balaban J connectivity index is 1.61. The van der Waals surface area contributed by atoms with Crippen molar-refractivity contribution in [1.29, 1.82) is 0 Å². The Kier molecular flexibility index (Phi) is 8.07. The zero-order chi connectivity index (χ0) is 23.2. The number of para-hydroxylation sites is 1. The fourth-order valence-corrected chi connectivity index (χ4v) is 5.16. The van der Waals surface area contributed by atoms with E-state index in [1.165, 1.54) is 16.8 Å². The molecule has 0 aliphatic carbocycles. The molecule has 2 aliphatic rings. The van der Waals surface area contributed by atoms with E-state index < -0.39 is 0 Å². The fraction of sp³-hybridized carbons (Fsp3) is 0.500. The molecule has 5 heteroatoms. The van der Waals surface area contributed by atoms with E-state index >= 15 is 0 Å². The van der Waals surface area contributed by atoms with Crippen molar-refractivity contribution in [2.24, 2.45) is 0 Å². The van der Waals surface area contributed by atoms with Crippen molar-refractivity contribution in [2.75, 3.05) is 52.0 Å². The monoisotopic (exact) mass is 450 g/mol. The lowest BCUT2D eigenvalue weighted by molar-refractivity contribution is 0.0650. The van der Waals surface area contributed by atoms with Gasteiger partial charge in [0.2, 0.25) is 0 Å². The first kappa shape index (κ1) is 23.8. The predicted octanol–water partition coefficient (Wildman–Crippen LogP) is 4.87. The molecule has 0 amide bonds. The van der Waals surface area contributed by atoms with Crippen molar-refractivity contribution in [2.45, 2.75) is 44.4 Å². The third-order valence-electron chi connectivity index (χ3n) is 6.96. The highest BCUT2D eigenvalue weighted by Crippen LogP contribution is 2.39. The van der Waals surface area contributed by atoms with E-state index in [0.717, 1.165) is 50.2 Å². The number of likely N-dealkylation sites (tertiary alicyclic amines) is 1. The van der Waals surface area contributed by atoms with E-state index in [0.29, 0.717) is 25.4 Å². The molecule has 0 aromatic heterocycles. The average Bonchev–Trinajstić information content (AvgIpc) is 3.32. The van der Waals surface area contributed by atoms with Gasteiger partial charge in [0.05, 0.1) is 38.5 Å². The van der Waals surface area contributed by atoms with Crippen LogP contribution < -0.4 is 9.64 Å². The number of aryl methyl sites for hydroxylation is 1. The molecule has 3 atom stereocenters. The molecule has 2 aromatic carbocycles. The van der Waals surface area contributed by atoms with Crippen molar-refractivity contribution in [3.05, 3.63) is 71.8 Å². The average molecular weight is 451 g/mol. The van der Waals surface area contributed by atoms with E-state index in [2.05, 4.69) is 64.9 Å². The van der Waals surface area contributed by atoms with Gasteiger partial charge in [-0.05, 0) is 55.5 Å². The second-order valence-corrected chi connectivity index (χ2v) is 9.38. The molecule has 2 aromatic rings. The fourth-order valence-electron chi connectivity index (χ4n) is 5.16. The minimum atomic E-state index is 0.288. The number of hydrogen-bond donors (Lipinski definition) is 0. The first-order valence-electron chi connectivity index (χ1n) is 12.1. The number of fused-ring (bicyclic) bond motifs is 1. The van der Waals surface area contributed by atoms with E-state index in [4.69, 9.17) is 14.2 Å². The van der Waals surface area contributed by atoms with Crippen LogP contribution in [-0.4, -0.2) is 64.1 Å². The van der Waals surface area contributed by atoms with Gasteiger partial charge in [-0.3, -0.25) is 4.90 Å². The minimum absolute atomic E-state index is 0.288. The summed E-state index contributed by atoms with van der Waals surface area (Å²) in [6, 6.07) is 18.1. The molecule has 5 nitrogen and oxygen atoms in total. The topological polar surface area (TPSA) is 34.2 Å². The number of nitrogens with zero attached hydrogens (tertiary/aromatic N) is 2. The van der Waals surface area contributed by atoms with Crippen LogP contribution in [-0.2, 0) is 15.9 Å². The van der Waals surface area contributed by atoms with Crippen LogP contribution >= 0.6 is 0 Å². The largest absolute Gasteiger partial charge is 0.497 e. The molecular formula is C28H38N2O3. The number of methoxy groups -OCH3 is 2.